The second-order valence-electron chi connectivity index (χ2n) is 7.12. The third-order valence-electron chi connectivity index (χ3n) is 5.12. The third kappa shape index (κ3) is 4.50. The Bertz CT molecular complexity index is 823. The summed E-state index contributed by atoms with van der Waals surface area (Å²) in [5, 5.41) is 2.31. The van der Waals surface area contributed by atoms with Crippen LogP contribution >= 0.6 is 0 Å². The number of nitrogens with zero attached hydrogens (tertiary/aromatic N) is 1. The predicted octanol–water partition coefficient (Wildman–Crippen LogP) is 6.65. The Kier molecular flexibility index (Phi) is 6.27. The molecule has 0 atom stereocenters. The second-order valence-corrected chi connectivity index (χ2v) is 7.12. The molecular weight excluding hydrogens is 304 g/mol. The normalized spacial score (nSPS) is 11.4. The maximum Gasteiger partial charge on any atom is 0.0941 e. The Balaban J connectivity index is 1.60. The minimum atomic E-state index is 0.867. The molecule has 2 N–H and O–H groups in total. The molecule has 0 spiro atoms. The topological polar surface area (TPSA) is 38.9 Å². The number of hydrogen-bond donors (Lipinski definition) is 1. The van der Waals surface area contributed by atoms with Crippen molar-refractivity contribution in [3.05, 3.63) is 48.0 Å². The lowest BCUT2D eigenvalue weighted by Crippen LogP contribution is -1.98. The van der Waals surface area contributed by atoms with Crippen LogP contribution in [0, 0.1) is 0 Å². The number of hydrogen-bond acceptors (Lipinski definition) is 2. The minimum absolute atomic E-state index is 0.867. The van der Waals surface area contributed by atoms with Crippen LogP contribution in [0.15, 0.2) is 42.5 Å². The first kappa shape index (κ1) is 17.7. The molecule has 3 rings (SSSR count). The summed E-state index contributed by atoms with van der Waals surface area (Å²) in [6, 6.07) is 14.8. The van der Waals surface area contributed by atoms with Crippen molar-refractivity contribution < 1.29 is 0 Å². The molecule has 0 radical (unpaired) electrons. The average Bonchev–Trinajstić information content (AvgIpc) is 2.64. The summed E-state index contributed by atoms with van der Waals surface area (Å²) in [6.45, 7) is 2.27. The van der Waals surface area contributed by atoms with E-state index in [2.05, 4.69) is 43.3 Å². The van der Waals surface area contributed by atoms with E-state index in [4.69, 9.17) is 10.7 Å². The number of pyridine rings is 1. The molecule has 0 saturated carbocycles. The van der Waals surface area contributed by atoms with E-state index in [1.807, 2.05) is 6.07 Å². The van der Waals surface area contributed by atoms with Crippen LogP contribution in [-0.4, -0.2) is 4.98 Å². The van der Waals surface area contributed by atoms with Crippen LogP contribution < -0.4 is 5.73 Å². The Morgan fingerprint density at radius 1 is 0.800 bits per heavy atom. The van der Waals surface area contributed by atoms with Crippen molar-refractivity contribution in [2.45, 2.75) is 64.7 Å². The smallest absolute Gasteiger partial charge is 0.0941 e. The van der Waals surface area contributed by atoms with E-state index in [9.17, 15) is 0 Å². The molecule has 132 valence electrons. The van der Waals surface area contributed by atoms with Crippen molar-refractivity contribution in [1.29, 1.82) is 0 Å². The summed E-state index contributed by atoms with van der Waals surface area (Å²) < 4.78 is 0. The van der Waals surface area contributed by atoms with E-state index in [0.717, 1.165) is 28.5 Å². The highest BCUT2D eigenvalue weighted by atomic mass is 14.7. The second kappa shape index (κ2) is 8.84. The van der Waals surface area contributed by atoms with Crippen molar-refractivity contribution in [2.24, 2.45) is 0 Å². The lowest BCUT2D eigenvalue weighted by molar-refractivity contribution is 0.576. The summed E-state index contributed by atoms with van der Waals surface area (Å²) in [6.07, 6.45) is 11.8. The molecule has 25 heavy (non-hydrogen) atoms. The average molecular weight is 335 g/mol. The summed E-state index contributed by atoms with van der Waals surface area (Å²) in [5.41, 5.74) is 10.5. The number of nitrogen functional groups attached to an aromatic ring is 1. The van der Waals surface area contributed by atoms with E-state index < -0.39 is 0 Å². The molecular formula is C23H30N2. The maximum absolute atomic E-state index is 6.44. The lowest BCUT2D eigenvalue weighted by Gasteiger charge is -2.10. The molecule has 1 aromatic heterocycles. The first-order valence-corrected chi connectivity index (χ1v) is 9.86. The van der Waals surface area contributed by atoms with Crippen LogP contribution in [0.3, 0.4) is 0 Å². The van der Waals surface area contributed by atoms with Crippen LogP contribution in [0.4, 0.5) is 5.69 Å². The molecule has 0 fully saturated rings. The number of anilines is 1. The highest BCUT2D eigenvalue weighted by Gasteiger charge is 2.07. The lowest BCUT2D eigenvalue weighted by atomic mass is 10.0. The first-order chi connectivity index (χ1) is 12.3. The van der Waals surface area contributed by atoms with Gasteiger partial charge in [0.2, 0.25) is 0 Å². The van der Waals surface area contributed by atoms with Crippen molar-refractivity contribution in [3.8, 4) is 0 Å². The van der Waals surface area contributed by atoms with Gasteiger partial charge >= 0.3 is 0 Å². The number of aromatic nitrogens is 1. The number of fused-ring (bicyclic) bond motifs is 2. The maximum atomic E-state index is 6.44. The van der Waals surface area contributed by atoms with Gasteiger partial charge in [-0.15, -0.1) is 0 Å². The summed E-state index contributed by atoms with van der Waals surface area (Å²) in [4.78, 5) is 4.80. The van der Waals surface area contributed by atoms with Gasteiger partial charge in [0.15, 0.2) is 0 Å². The Morgan fingerprint density at radius 3 is 2.32 bits per heavy atom. The van der Waals surface area contributed by atoms with E-state index >= 15 is 0 Å². The molecule has 2 heteroatoms. The molecule has 3 aromatic rings. The third-order valence-corrected chi connectivity index (χ3v) is 5.12. The minimum Gasteiger partial charge on any atom is -0.397 e. The SMILES string of the molecule is CCCCCCCCCCc1ccc2cc3ccccc3nc2c1N. The fourth-order valence-electron chi connectivity index (χ4n) is 3.57. The van der Waals surface area contributed by atoms with Crippen molar-refractivity contribution in [3.63, 3.8) is 0 Å². The zero-order valence-corrected chi connectivity index (χ0v) is 15.4. The van der Waals surface area contributed by atoms with E-state index in [1.165, 1.54) is 62.3 Å². The van der Waals surface area contributed by atoms with Gasteiger partial charge in [0.1, 0.15) is 0 Å². The fraction of sp³-hybridized carbons (Fsp3) is 0.435. The summed E-state index contributed by atoms with van der Waals surface area (Å²) >= 11 is 0. The predicted molar refractivity (Wildman–Crippen MR) is 110 cm³/mol. The fourth-order valence-corrected chi connectivity index (χ4v) is 3.57. The molecule has 0 aliphatic rings. The molecule has 0 amide bonds. The van der Waals surface area contributed by atoms with E-state index in [0.29, 0.717) is 0 Å². The van der Waals surface area contributed by atoms with Crippen molar-refractivity contribution >= 4 is 27.5 Å². The van der Waals surface area contributed by atoms with Gasteiger partial charge in [0, 0.05) is 10.8 Å². The highest BCUT2D eigenvalue weighted by Crippen LogP contribution is 2.27. The van der Waals surface area contributed by atoms with Crippen LogP contribution in [-0.2, 0) is 6.42 Å². The Labute approximate surface area is 151 Å². The molecule has 0 saturated heterocycles. The van der Waals surface area contributed by atoms with Gasteiger partial charge in [-0.05, 0) is 30.5 Å². The van der Waals surface area contributed by atoms with E-state index in [-0.39, 0.29) is 0 Å². The van der Waals surface area contributed by atoms with Gasteiger partial charge in [-0.2, -0.15) is 0 Å². The molecule has 0 unspecified atom stereocenters. The van der Waals surface area contributed by atoms with Crippen LogP contribution in [0.2, 0.25) is 0 Å². The van der Waals surface area contributed by atoms with Gasteiger partial charge in [-0.25, -0.2) is 4.98 Å². The van der Waals surface area contributed by atoms with Crippen LogP contribution in [0.5, 0.6) is 0 Å². The number of benzene rings is 2. The van der Waals surface area contributed by atoms with Gasteiger partial charge in [-0.1, -0.05) is 82.2 Å². The molecule has 1 heterocycles. The Morgan fingerprint density at radius 2 is 1.52 bits per heavy atom. The quantitative estimate of drug-likeness (QED) is 0.270. The van der Waals surface area contributed by atoms with Gasteiger partial charge in [0.05, 0.1) is 16.7 Å². The number of aryl methyl sites for hydroxylation is 1. The largest absolute Gasteiger partial charge is 0.397 e. The molecule has 2 aromatic carbocycles. The number of para-hydroxylation sites is 1. The zero-order chi connectivity index (χ0) is 17.5. The zero-order valence-electron chi connectivity index (χ0n) is 15.4. The molecule has 0 bridgehead atoms. The standard InChI is InChI=1S/C23H30N2/c1-2-3-4-5-6-7-8-9-12-18-15-16-20-17-19-13-10-11-14-21(19)25-23(20)22(18)24/h10-11,13-17H,2-9,12,24H2,1H3. The first-order valence-electron chi connectivity index (χ1n) is 9.86. The highest BCUT2D eigenvalue weighted by molar-refractivity contribution is 5.98. The summed E-state index contributed by atoms with van der Waals surface area (Å²) in [7, 11) is 0. The van der Waals surface area contributed by atoms with Gasteiger partial charge in [-0.3, -0.25) is 0 Å². The molecule has 2 nitrogen and oxygen atoms in total. The molecule has 0 aliphatic carbocycles. The number of nitrogens with two attached hydrogens (primary N) is 1. The number of rotatable bonds is 9. The van der Waals surface area contributed by atoms with E-state index in [1.54, 1.807) is 0 Å². The van der Waals surface area contributed by atoms with Crippen molar-refractivity contribution in [1.82, 2.24) is 4.98 Å². The van der Waals surface area contributed by atoms with Crippen LogP contribution in [0.1, 0.15) is 63.9 Å². The van der Waals surface area contributed by atoms with Crippen molar-refractivity contribution in [2.75, 3.05) is 5.73 Å². The monoisotopic (exact) mass is 334 g/mol. The number of unbranched alkanes of at least 4 members (excludes halogenated alkanes) is 7. The van der Waals surface area contributed by atoms with Gasteiger partial charge in [0.25, 0.3) is 0 Å². The Hall–Kier alpha value is -2.09. The van der Waals surface area contributed by atoms with Crippen LogP contribution in [0.25, 0.3) is 21.8 Å². The van der Waals surface area contributed by atoms with Gasteiger partial charge < -0.3 is 5.73 Å². The summed E-state index contributed by atoms with van der Waals surface area (Å²) in [5.74, 6) is 0. The molecule has 0 aliphatic heterocycles.